The number of benzene rings is 1. The molecule has 1 aliphatic carbocycles. The zero-order valence-corrected chi connectivity index (χ0v) is 9.81. The second kappa shape index (κ2) is 3.37. The van der Waals surface area contributed by atoms with Gasteiger partial charge in [-0.2, -0.15) is 0 Å². The summed E-state index contributed by atoms with van der Waals surface area (Å²) in [5.41, 5.74) is 5.31. The molecule has 1 nitrogen and oxygen atoms in total. The Morgan fingerprint density at radius 1 is 1.06 bits per heavy atom. The largest absolute Gasteiger partial charge is 0.316 e. The molecule has 1 saturated carbocycles. The zero-order valence-electron chi connectivity index (χ0n) is 8.99. The van der Waals surface area contributed by atoms with Crippen molar-refractivity contribution in [2.75, 3.05) is 0 Å². The summed E-state index contributed by atoms with van der Waals surface area (Å²) in [4.78, 5) is 1.55. The fourth-order valence-corrected chi connectivity index (χ4v) is 3.08. The van der Waals surface area contributed by atoms with Crippen LogP contribution >= 0.6 is 11.3 Å². The lowest BCUT2D eigenvalue weighted by Gasteiger charge is -2.06. The average Bonchev–Trinajstić information content (AvgIpc) is 2.72. The number of alkyl halides is 2. The SMILES string of the molecule is NC1(c2ccc(-c3ccccc3)s2)CC1(F)F. The predicted octanol–water partition coefficient (Wildman–Crippen LogP) is 3.61. The Kier molecular flexibility index (Phi) is 2.15. The first-order valence-corrected chi connectivity index (χ1v) is 6.17. The average molecular weight is 251 g/mol. The van der Waals surface area contributed by atoms with Crippen molar-refractivity contribution in [3.8, 4) is 10.4 Å². The van der Waals surface area contributed by atoms with Crippen LogP contribution in [0.25, 0.3) is 10.4 Å². The van der Waals surface area contributed by atoms with Gasteiger partial charge in [0.05, 0.1) is 0 Å². The Balaban J connectivity index is 1.95. The van der Waals surface area contributed by atoms with Crippen LogP contribution in [-0.2, 0) is 5.54 Å². The Morgan fingerprint density at radius 3 is 2.29 bits per heavy atom. The lowest BCUT2D eigenvalue weighted by molar-refractivity contribution is 0.0899. The third kappa shape index (κ3) is 1.59. The van der Waals surface area contributed by atoms with E-state index in [9.17, 15) is 8.78 Å². The second-order valence-corrected chi connectivity index (χ2v) is 5.47. The predicted molar refractivity (Wildman–Crippen MR) is 65.2 cm³/mol. The summed E-state index contributed by atoms with van der Waals surface area (Å²) in [7, 11) is 0. The summed E-state index contributed by atoms with van der Waals surface area (Å²) in [6.07, 6.45) is -0.241. The van der Waals surface area contributed by atoms with Gasteiger partial charge in [0, 0.05) is 16.2 Å². The number of hydrogen-bond donors (Lipinski definition) is 1. The van der Waals surface area contributed by atoms with E-state index in [1.807, 2.05) is 36.4 Å². The molecule has 17 heavy (non-hydrogen) atoms. The Morgan fingerprint density at radius 2 is 1.71 bits per heavy atom. The first-order chi connectivity index (χ1) is 8.03. The molecule has 0 amide bonds. The van der Waals surface area contributed by atoms with Crippen LogP contribution in [0.4, 0.5) is 8.78 Å². The summed E-state index contributed by atoms with van der Waals surface area (Å²) in [6, 6.07) is 13.3. The smallest absolute Gasteiger partial charge is 0.273 e. The molecule has 88 valence electrons. The van der Waals surface area contributed by atoms with Crippen LogP contribution in [0.1, 0.15) is 11.3 Å². The molecule has 0 bridgehead atoms. The van der Waals surface area contributed by atoms with Crippen molar-refractivity contribution < 1.29 is 8.78 Å². The molecular weight excluding hydrogens is 240 g/mol. The molecule has 1 unspecified atom stereocenters. The van der Waals surface area contributed by atoms with Crippen molar-refractivity contribution in [2.45, 2.75) is 17.9 Å². The maximum Gasteiger partial charge on any atom is 0.273 e. The van der Waals surface area contributed by atoms with Gasteiger partial charge in [-0.05, 0) is 17.7 Å². The van der Waals surface area contributed by atoms with Crippen LogP contribution in [0.5, 0.6) is 0 Å². The van der Waals surface area contributed by atoms with Gasteiger partial charge in [-0.15, -0.1) is 11.3 Å². The maximum atomic E-state index is 13.2. The number of rotatable bonds is 2. The standard InChI is InChI=1S/C13H11F2NS/c14-13(15)8-12(13,16)11-7-6-10(17-11)9-4-2-1-3-5-9/h1-7H,8,16H2. The van der Waals surface area contributed by atoms with E-state index in [0.717, 1.165) is 10.4 Å². The van der Waals surface area contributed by atoms with Crippen molar-refractivity contribution in [1.29, 1.82) is 0 Å². The molecule has 0 saturated heterocycles. The minimum Gasteiger partial charge on any atom is -0.316 e. The van der Waals surface area contributed by atoms with Crippen molar-refractivity contribution in [2.24, 2.45) is 5.73 Å². The van der Waals surface area contributed by atoms with Crippen LogP contribution in [0.15, 0.2) is 42.5 Å². The second-order valence-electron chi connectivity index (χ2n) is 4.38. The molecule has 1 aromatic heterocycles. The molecule has 1 fully saturated rings. The van der Waals surface area contributed by atoms with Crippen LogP contribution in [0.3, 0.4) is 0 Å². The number of thiophene rings is 1. The molecule has 1 aromatic carbocycles. The highest BCUT2D eigenvalue weighted by atomic mass is 32.1. The van der Waals surface area contributed by atoms with E-state index in [1.54, 1.807) is 6.07 Å². The van der Waals surface area contributed by atoms with Crippen molar-refractivity contribution >= 4 is 11.3 Å². The Bertz CT molecular complexity index is 550. The zero-order chi connectivity index (χ0) is 12.1. The number of halogens is 2. The van der Waals surface area contributed by atoms with Crippen molar-refractivity contribution in [3.63, 3.8) is 0 Å². The molecule has 0 aliphatic heterocycles. The molecule has 1 aliphatic rings. The minimum atomic E-state index is -2.74. The van der Waals surface area contributed by atoms with Crippen LogP contribution < -0.4 is 5.73 Å². The van der Waals surface area contributed by atoms with Gasteiger partial charge in [0.25, 0.3) is 5.92 Å². The lowest BCUT2D eigenvalue weighted by Crippen LogP contribution is -2.25. The molecule has 4 heteroatoms. The van der Waals surface area contributed by atoms with E-state index in [2.05, 4.69) is 0 Å². The Hall–Kier alpha value is -1.26. The highest BCUT2D eigenvalue weighted by Crippen LogP contribution is 2.59. The normalized spacial score (nSPS) is 25.8. The summed E-state index contributed by atoms with van der Waals surface area (Å²) in [5.74, 6) is -2.74. The van der Waals surface area contributed by atoms with Gasteiger partial charge in [-0.3, -0.25) is 0 Å². The van der Waals surface area contributed by atoms with Crippen LogP contribution in [-0.4, -0.2) is 5.92 Å². The van der Waals surface area contributed by atoms with Gasteiger partial charge in [-0.1, -0.05) is 30.3 Å². The number of hydrogen-bond acceptors (Lipinski definition) is 2. The number of nitrogens with two attached hydrogens (primary N) is 1. The van der Waals surface area contributed by atoms with E-state index < -0.39 is 11.5 Å². The topological polar surface area (TPSA) is 26.0 Å². The molecule has 2 aromatic rings. The summed E-state index contributed by atoms with van der Waals surface area (Å²) in [5, 5.41) is 0. The summed E-state index contributed by atoms with van der Waals surface area (Å²) < 4.78 is 26.3. The fraction of sp³-hybridized carbons (Fsp3) is 0.231. The van der Waals surface area contributed by atoms with E-state index in [1.165, 1.54) is 11.3 Å². The molecule has 0 radical (unpaired) electrons. The van der Waals surface area contributed by atoms with Crippen molar-refractivity contribution in [3.05, 3.63) is 47.3 Å². The quantitative estimate of drug-likeness (QED) is 0.867. The molecule has 1 atom stereocenters. The summed E-state index contributed by atoms with van der Waals surface area (Å²) >= 11 is 1.35. The van der Waals surface area contributed by atoms with Gasteiger partial charge >= 0.3 is 0 Å². The third-order valence-corrected chi connectivity index (χ3v) is 4.44. The monoisotopic (exact) mass is 251 g/mol. The van der Waals surface area contributed by atoms with Crippen LogP contribution in [0.2, 0.25) is 0 Å². The van der Waals surface area contributed by atoms with E-state index in [-0.39, 0.29) is 6.42 Å². The lowest BCUT2D eigenvalue weighted by atomic mass is 10.2. The molecular formula is C13H11F2NS. The van der Waals surface area contributed by atoms with Gasteiger partial charge in [0.15, 0.2) is 0 Å². The first-order valence-electron chi connectivity index (χ1n) is 5.35. The van der Waals surface area contributed by atoms with Gasteiger partial charge in [0.1, 0.15) is 5.54 Å². The minimum absolute atomic E-state index is 0.241. The van der Waals surface area contributed by atoms with Gasteiger partial charge < -0.3 is 5.73 Å². The van der Waals surface area contributed by atoms with E-state index in [4.69, 9.17) is 5.73 Å². The van der Waals surface area contributed by atoms with Crippen molar-refractivity contribution in [1.82, 2.24) is 0 Å². The molecule has 3 rings (SSSR count). The third-order valence-electron chi connectivity index (χ3n) is 3.13. The fourth-order valence-electron chi connectivity index (χ4n) is 1.91. The van der Waals surface area contributed by atoms with Gasteiger partial charge in [-0.25, -0.2) is 8.78 Å². The molecule has 1 heterocycles. The van der Waals surface area contributed by atoms with Gasteiger partial charge in [0.2, 0.25) is 0 Å². The summed E-state index contributed by atoms with van der Waals surface area (Å²) in [6.45, 7) is 0. The maximum absolute atomic E-state index is 13.2. The van der Waals surface area contributed by atoms with E-state index >= 15 is 0 Å². The highest BCUT2D eigenvalue weighted by molar-refractivity contribution is 7.15. The highest BCUT2D eigenvalue weighted by Gasteiger charge is 2.70. The Labute approximate surface area is 102 Å². The molecule has 2 N–H and O–H groups in total. The van der Waals surface area contributed by atoms with Crippen LogP contribution in [0, 0.1) is 0 Å². The first kappa shape index (κ1) is 10.9. The van der Waals surface area contributed by atoms with E-state index in [0.29, 0.717) is 4.88 Å². The molecule has 0 spiro atoms.